The zero-order valence-electron chi connectivity index (χ0n) is 15.1. The van der Waals surface area contributed by atoms with Crippen molar-refractivity contribution in [1.29, 1.82) is 0 Å². The van der Waals surface area contributed by atoms with Crippen molar-refractivity contribution in [1.82, 2.24) is 10.6 Å². The Morgan fingerprint density at radius 2 is 2.04 bits per heavy atom. The summed E-state index contributed by atoms with van der Waals surface area (Å²) >= 11 is 0. The van der Waals surface area contributed by atoms with E-state index in [0.29, 0.717) is 11.3 Å². The van der Waals surface area contributed by atoms with E-state index in [1.54, 1.807) is 0 Å². The molecule has 4 heteroatoms. The Morgan fingerprint density at radius 1 is 1.25 bits per heavy atom. The van der Waals surface area contributed by atoms with Crippen LogP contribution < -0.4 is 10.6 Å². The molecule has 2 fully saturated rings. The Hall–Kier alpha value is -1.55. The second-order valence-electron chi connectivity index (χ2n) is 7.26. The van der Waals surface area contributed by atoms with Gasteiger partial charge in [-0.15, -0.1) is 0 Å². The smallest absolute Gasteiger partial charge is 0.191 e. The minimum Gasteiger partial charge on any atom is -0.373 e. The molecular weight excluding hydrogens is 298 g/mol. The summed E-state index contributed by atoms with van der Waals surface area (Å²) in [5, 5.41) is 7.05. The van der Waals surface area contributed by atoms with Crippen LogP contribution >= 0.6 is 0 Å². The third kappa shape index (κ3) is 3.92. The van der Waals surface area contributed by atoms with Crippen LogP contribution in [0.2, 0.25) is 0 Å². The number of nitrogens with zero attached hydrogens (tertiary/aromatic N) is 1. The van der Waals surface area contributed by atoms with Gasteiger partial charge in [0, 0.05) is 32.7 Å². The number of aliphatic imine (C=N–C) groups is 1. The van der Waals surface area contributed by atoms with Crippen LogP contribution in [0.4, 0.5) is 0 Å². The van der Waals surface area contributed by atoms with Gasteiger partial charge in [-0.1, -0.05) is 43.7 Å². The third-order valence-electron chi connectivity index (χ3n) is 5.89. The van der Waals surface area contributed by atoms with Gasteiger partial charge in [-0.25, -0.2) is 0 Å². The predicted molar refractivity (Wildman–Crippen MR) is 99.2 cm³/mol. The number of hydrogen-bond donors (Lipinski definition) is 2. The van der Waals surface area contributed by atoms with Crippen molar-refractivity contribution in [3.63, 3.8) is 0 Å². The van der Waals surface area contributed by atoms with E-state index < -0.39 is 0 Å². The van der Waals surface area contributed by atoms with E-state index in [1.165, 1.54) is 31.2 Å². The molecule has 0 spiro atoms. The first kappa shape index (κ1) is 17.3. The van der Waals surface area contributed by atoms with Crippen LogP contribution in [0.25, 0.3) is 0 Å². The van der Waals surface area contributed by atoms with Gasteiger partial charge >= 0.3 is 0 Å². The molecule has 1 saturated carbocycles. The molecule has 0 amide bonds. The minimum atomic E-state index is 0.199. The lowest BCUT2D eigenvalue weighted by molar-refractivity contribution is 0.0914. The van der Waals surface area contributed by atoms with E-state index in [9.17, 15) is 0 Å². The summed E-state index contributed by atoms with van der Waals surface area (Å²) in [4.78, 5) is 4.40. The van der Waals surface area contributed by atoms with Gasteiger partial charge in [0.2, 0.25) is 0 Å². The van der Waals surface area contributed by atoms with Gasteiger partial charge in [0.15, 0.2) is 5.96 Å². The predicted octanol–water partition coefficient (Wildman–Crippen LogP) is 3.51. The number of nitrogens with one attached hydrogen (secondary N) is 2. The van der Waals surface area contributed by atoms with Crippen LogP contribution in [0, 0.1) is 11.3 Å². The van der Waals surface area contributed by atoms with Gasteiger partial charge < -0.3 is 15.4 Å². The number of guanidine groups is 1. The highest BCUT2D eigenvalue weighted by Gasteiger charge is 2.35. The van der Waals surface area contributed by atoms with Crippen molar-refractivity contribution in [2.24, 2.45) is 16.3 Å². The lowest BCUT2D eigenvalue weighted by Crippen LogP contribution is -2.47. The number of ether oxygens (including phenoxy) is 1. The molecule has 24 heavy (non-hydrogen) atoms. The van der Waals surface area contributed by atoms with Gasteiger partial charge in [-0.2, -0.15) is 0 Å². The molecule has 1 aliphatic heterocycles. The van der Waals surface area contributed by atoms with E-state index in [0.717, 1.165) is 32.1 Å². The Balaban J connectivity index is 1.50. The first-order chi connectivity index (χ1) is 11.8. The third-order valence-corrected chi connectivity index (χ3v) is 5.89. The molecule has 1 saturated heterocycles. The molecule has 1 heterocycles. The van der Waals surface area contributed by atoms with E-state index in [4.69, 9.17) is 4.74 Å². The van der Waals surface area contributed by atoms with Crippen molar-refractivity contribution in [3.8, 4) is 0 Å². The van der Waals surface area contributed by atoms with E-state index in [2.05, 4.69) is 52.9 Å². The lowest BCUT2D eigenvalue weighted by Gasteiger charge is -2.41. The van der Waals surface area contributed by atoms with Crippen LogP contribution in [-0.4, -0.2) is 32.7 Å². The number of rotatable bonds is 6. The van der Waals surface area contributed by atoms with Crippen LogP contribution in [0.15, 0.2) is 35.3 Å². The fraction of sp³-hybridized carbons (Fsp3) is 0.650. The molecule has 2 atom stereocenters. The second kappa shape index (κ2) is 8.02. The lowest BCUT2D eigenvalue weighted by atomic mass is 9.67. The highest BCUT2D eigenvalue weighted by Crippen LogP contribution is 2.43. The fourth-order valence-electron chi connectivity index (χ4n) is 3.91. The zero-order valence-corrected chi connectivity index (χ0v) is 15.1. The van der Waals surface area contributed by atoms with Gasteiger partial charge in [0.25, 0.3) is 0 Å². The molecule has 1 aromatic rings. The average molecular weight is 329 g/mol. The first-order valence-electron chi connectivity index (χ1n) is 9.37. The quantitative estimate of drug-likeness (QED) is 0.620. The summed E-state index contributed by atoms with van der Waals surface area (Å²) in [6.07, 6.45) is 6.62. The molecule has 0 bridgehead atoms. The molecule has 0 aromatic heterocycles. The summed E-state index contributed by atoms with van der Waals surface area (Å²) < 4.78 is 5.98. The normalized spacial score (nSPS) is 26.0. The topological polar surface area (TPSA) is 45.7 Å². The van der Waals surface area contributed by atoms with Crippen LogP contribution in [0.1, 0.15) is 50.7 Å². The summed E-state index contributed by atoms with van der Waals surface area (Å²) in [6, 6.07) is 10.6. The van der Waals surface area contributed by atoms with Crippen molar-refractivity contribution in [2.45, 2.75) is 45.1 Å². The second-order valence-corrected chi connectivity index (χ2v) is 7.26. The Kier molecular flexibility index (Phi) is 5.77. The van der Waals surface area contributed by atoms with E-state index >= 15 is 0 Å². The molecule has 1 aromatic carbocycles. The summed E-state index contributed by atoms with van der Waals surface area (Å²) in [5.74, 6) is 1.42. The maximum atomic E-state index is 5.98. The van der Waals surface area contributed by atoms with Crippen LogP contribution in [0.3, 0.4) is 0 Å². The zero-order chi connectivity index (χ0) is 16.8. The van der Waals surface area contributed by atoms with Crippen LogP contribution in [0.5, 0.6) is 0 Å². The first-order valence-corrected chi connectivity index (χ1v) is 9.37. The average Bonchev–Trinajstić information content (AvgIpc) is 3.06. The van der Waals surface area contributed by atoms with Gasteiger partial charge in [0.1, 0.15) is 0 Å². The number of hydrogen-bond acceptors (Lipinski definition) is 2. The van der Waals surface area contributed by atoms with Crippen LogP contribution in [-0.2, 0) is 4.74 Å². The molecule has 1 aliphatic carbocycles. The highest BCUT2D eigenvalue weighted by atomic mass is 16.5. The van der Waals surface area contributed by atoms with Gasteiger partial charge in [-0.3, -0.25) is 4.99 Å². The molecule has 2 unspecified atom stereocenters. The van der Waals surface area contributed by atoms with Crippen molar-refractivity contribution in [2.75, 3.05) is 26.7 Å². The molecular formula is C20H31N3O. The van der Waals surface area contributed by atoms with Gasteiger partial charge in [0.05, 0.1) is 6.10 Å². The Morgan fingerprint density at radius 3 is 2.67 bits per heavy atom. The maximum absolute atomic E-state index is 5.98. The standard InChI is InChI=1S/C20H31N3O/c1-3-20(11-7-12-20)15-23-19(21-2)22-14-17-10-13-24-18(17)16-8-5-4-6-9-16/h4-6,8-9,17-18H,3,7,10-15H2,1-2H3,(H2,21,22,23). The maximum Gasteiger partial charge on any atom is 0.191 e. The van der Waals surface area contributed by atoms with E-state index in [1.807, 2.05) is 7.05 Å². The summed E-state index contributed by atoms with van der Waals surface area (Å²) in [7, 11) is 1.86. The van der Waals surface area contributed by atoms with Gasteiger partial charge in [-0.05, 0) is 36.7 Å². The molecule has 2 aliphatic rings. The molecule has 0 radical (unpaired) electrons. The summed E-state index contributed by atoms with van der Waals surface area (Å²) in [6.45, 7) is 5.08. The Labute approximate surface area is 146 Å². The summed E-state index contributed by atoms with van der Waals surface area (Å²) in [5.41, 5.74) is 1.78. The van der Waals surface area contributed by atoms with E-state index in [-0.39, 0.29) is 6.10 Å². The fourth-order valence-corrected chi connectivity index (χ4v) is 3.91. The molecule has 4 nitrogen and oxygen atoms in total. The SMILES string of the molecule is CCC1(CNC(=NC)NCC2CCOC2c2ccccc2)CCC1. The largest absolute Gasteiger partial charge is 0.373 e. The van der Waals surface area contributed by atoms with Crippen molar-refractivity contribution >= 4 is 5.96 Å². The molecule has 3 rings (SSSR count). The van der Waals surface area contributed by atoms with Crippen molar-refractivity contribution < 1.29 is 4.74 Å². The molecule has 2 N–H and O–H groups in total. The minimum absolute atomic E-state index is 0.199. The molecule has 132 valence electrons. The van der Waals surface area contributed by atoms with Crippen molar-refractivity contribution in [3.05, 3.63) is 35.9 Å². The monoisotopic (exact) mass is 329 g/mol. The number of benzene rings is 1. The Bertz CT molecular complexity index is 534. The highest BCUT2D eigenvalue weighted by molar-refractivity contribution is 5.79.